The van der Waals surface area contributed by atoms with E-state index >= 15 is 4.39 Å². The Morgan fingerprint density at radius 2 is 1.76 bits per heavy atom. The van der Waals surface area contributed by atoms with Crippen LogP contribution in [0.15, 0.2) is 51.8 Å². The Morgan fingerprint density at radius 1 is 1.05 bits per heavy atom. The summed E-state index contributed by atoms with van der Waals surface area (Å²) in [5.41, 5.74) is -2.52. The van der Waals surface area contributed by atoms with E-state index < -0.39 is 38.4 Å². The minimum atomic E-state index is -3.94. The average Bonchev–Trinajstić information content (AvgIpc) is 3.51. The molecule has 1 aromatic heterocycles. The minimum Gasteiger partial charge on any atom is -0.451 e. The molecule has 0 saturated heterocycles. The summed E-state index contributed by atoms with van der Waals surface area (Å²) in [7, 11) is -3.94. The van der Waals surface area contributed by atoms with Crippen LogP contribution in [-0.4, -0.2) is 32.0 Å². The van der Waals surface area contributed by atoms with Gasteiger partial charge in [0.1, 0.15) is 11.1 Å². The van der Waals surface area contributed by atoms with Crippen molar-refractivity contribution in [3.8, 4) is 6.07 Å². The number of carbonyl (C=O) groups excluding carboxylic acids is 2. The first kappa shape index (κ1) is 25.0. The summed E-state index contributed by atoms with van der Waals surface area (Å²) in [6, 6.07) is 13.1. The number of nitrogens with one attached hydrogen (secondary N) is 2. The van der Waals surface area contributed by atoms with Crippen molar-refractivity contribution in [1.82, 2.24) is 5.32 Å². The van der Waals surface area contributed by atoms with Gasteiger partial charge in [-0.2, -0.15) is 5.26 Å². The summed E-state index contributed by atoms with van der Waals surface area (Å²) >= 11 is 0. The zero-order chi connectivity index (χ0) is 26.4. The molecule has 2 aliphatic rings. The number of benzene rings is 2. The van der Waals surface area contributed by atoms with Crippen LogP contribution in [0.5, 0.6) is 0 Å². The van der Waals surface area contributed by atoms with E-state index in [9.17, 15) is 23.3 Å². The van der Waals surface area contributed by atoms with E-state index in [1.165, 1.54) is 18.2 Å². The first-order valence-electron chi connectivity index (χ1n) is 12.2. The summed E-state index contributed by atoms with van der Waals surface area (Å²) in [6.45, 7) is 0. The van der Waals surface area contributed by atoms with E-state index in [4.69, 9.17) is 4.42 Å². The zero-order valence-electron chi connectivity index (χ0n) is 20.3. The van der Waals surface area contributed by atoms with Crippen LogP contribution in [0.4, 0.5) is 10.1 Å². The Balaban J connectivity index is 1.59. The summed E-state index contributed by atoms with van der Waals surface area (Å²) in [4.78, 5) is 26.3. The van der Waals surface area contributed by atoms with Crippen molar-refractivity contribution in [1.29, 1.82) is 5.26 Å². The number of carbonyl (C=O) groups is 2. The molecule has 2 N–H and O–H groups in total. The quantitative estimate of drug-likeness (QED) is 0.486. The first-order valence-corrected chi connectivity index (χ1v) is 14.0. The fourth-order valence-electron chi connectivity index (χ4n) is 5.16. The molecule has 0 aliphatic heterocycles. The van der Waals surface area contributed by atoms with Gasteiger partial charge in [0.15, 0.2) is 21.4 Å². The van der Waals surface area contributed by atoms with Crippen LogP contribution in [0.2, 0.25) is 0 Å². The topological polar surface area (TPSA) is 129 Å². The average molecular weight is 524 g/mol. The number of nitriles is 1. The van der Waals surface area contributed by atoms with Crippen LogP contribution < -0.4 is 10.6 Å². The SMILES string of the molecule is CS(=O)(=O)c1ccc(NC(=O)c2cc3ccccc3o2)c(F)c1C1(C(=O)NC2(C#N)CC2)CCCCC1. The van der Waals surface area contributed by atoms with Gasteiger partial charge in [0.2, 0.25) is 5.91 Å². The molecule has 2 fully saturated rings. The smallest absolute Gasteiger partial charge is 0.291 e. The van der Waals surface area contributed by atoms with Crippen molar-refractivity contribution in [3.63, 3.8) is 0 Å². The van der Waals surface area contributed by atoms with Gasteiger partial charge in [0.25, 0.3) is 5.91 Å². The molecule has 2 amide bonds. The number of hydrogen-bond donors (Lipinski definition) is 2. The van der Waals surface area contributed by atoms with Gasteiger partial charge in [-0.25, -0.2) is 12.8 Å². The highest BCUT2D eigenvalue weighted by Crippen LogP contribution is 2.46. The van der Waals surface area contributed by atoms with Crippen molar-refractivity contribution in [2.45, 2.75) is 60.8 Å². The molecule has 37 heavy (non-hydrogen) atoms. The van der Waals surface area contributed by atoms with Gasteiger partial charge >= 0.3 is 0 Å². The molecule has 10 heteroatoms. The zero-order valence-corrected chi connectivity index (χ0v) is 21.1. The van der Waals surface area contributed by atoms with Crippen LogP contribution in [0.3, 0.4) is 0 Å². The van der Waals surface area contributed by atoms with E-state index in [0.29, 0.717) is 36.7 Å². The maximum atomic E-state index is 16.3. The number of amides is 2. The molecule has 0 radical (unpaired) electrons. The van der Waals surface area contributed by atoms with Crippen LogP contribution in [0, 0.1) is 17.1 Å². The van der Waals surface area contributed by atoms with E-state index in [2.05, 4.69) is 16.7 Å². The van der Waals surface area contributed by atoms with Crippen molar-refractivity contribution in [2.24, 2.45) is 0 Å². The molecule has 3 aromatic rings. The highest BCUT2D eigenvalue weighted by atomic mass is 32.2. The van der Waals surface area contributed by atoms with Crippen molar-refractivity contribution < 1.29 is 26.8 Å². The molecule has 0 spiro atoms. The molecule has 5 rings (SSSR count). The number of para-hydroxylation sites is 1. The van der Waals surface area contributed by atoms with E-state index in [1.807, 2.05) is 0 Å². The van der Waals surface area contributed by atoms with E-state index in [-0.39, 0.29) is 34.7 Å². The molecular formula is C27H26FN3O5S. The minimum absolute atomic E-state index is 0.0378. The molecule has 192 valence electrons. The molecule has 1 heterocycles. The lowest BCUT2D eigenvalue weighted by molar-refractivity contribution is -0.128. The summed E-state index contributed by atoms with van der Waals surface area (Å²) < 4.78 is 47.4. The van der Waals surface area contributed by atoms with Crippen molar-refractivity contribution in [2.75, 3.05) is 11.6 Å². The molecule has 0 unspecified atom stereocenters. The Kier molecular flexibility index (Phi) is 6.07. The number of anilines is 1. The molecular weight excluding hydrogens is 497 g/mol. The summed E-state index contributed by atoms with van der Waals surface area (Å²) in [6.07, 6.45) is 4.37. The standard InChI is InChI=1S/C27H26FN3O5S/c1-37(34,35)21-10-9-18(30-24(32)20-15-17-7-3-4-8-19(17)36-20)23(28)22(21)27(11-5-2-6-12-27)25(33)31-26(16-29)13-14-26/h3-4,7-10,15H,2,5-6,11-14H2,1H3,(H,30,32)(H,31,33). The number of fused-ring (bicyclic) bond motifs is 1. The molecule has 8 nitrogen and oxygen atoms in total. The number of rotatable bonds is 6. The Hall–Kier alpha value is -3.71. The largest absolute Gasteiger partial charge is 0.451 e. The summed E-state index contributed by atoms with van der Waals surface area (Å²) in [5, 5.41) is 15.5. The number of hydrogen-bond acceptors (Lipinski definition) is 6. The lowest BCUT2D eigenvalue weighted by Crippen LogP contribution is -2.51. The fourth-order valence-corrected chi connectivity index (χ4v) is 6.13. The van der Waals surface area contributed by atoms with Crippen LogP contribution >= 0.6 is 0 Å². The highest BCUT2D eigenvalue weighted by molar-refractivity contribution is 7.90. The molecule has 2 saturated carbocycles. The Bertz CT molecular complexity index is 1530. The van der Waals surface area contributed by atoms with Gasteiger partial charge in [0.05, 0.1) is 22.1 Å². The van der Waals surface area contributed by atoms with Crippen molar-refractivity contribution in [3.05, 3.63) is 59.6 Å². The molecule has 2 aromatic carbocycles. The third-order valence-electron chi connectivity index (χ3n) is 7.34. The lowest BCUT2D eigenvalue weighted by atomic mass is 9.68. The number of sulfone groups is 1. The predicted molar refractivity (Wildman–Crippen MR) is 134 cm³/mol. The van der Waals surface area contributed by atoms with E-state index in [1.54, 1.807) is 24.3 Å². The Morgan fingerprint density at radius 3 is 2.38 bits per heavy atom. The molecule has 0 atom stereocenters. The number of halogens is 1. The maximum Gasteiger partial charge on any atom is 0.291 e. The Labute approximate surface area is 213 Å². The normalized spacial score (nSPS) is 18.1. The predicted octanol–water partition coefficient (Wildman–Crippen LogP) is 4.60. The molecule has 0 bridgehead atoms. The van der Waals surface area contributed by atoms with Crippen LogP contribution in [0.25, 0.3) is 11.0 Å². The second-order valence-corrected chi connectivity index (χ2v) is 11.9. The molecule has 2 aliphatic carbocycles. The third kappa shape index (κ3) is 4.48. The van der Waals surface area contributed by atoms with Gasteiger partial charge in [-0.1, -0.05) is 37.5 Å². The van der Waals surface area contributed by atoms with E-state index in [0.717, 1.165) is 12.7 Å². The monoisotopic (exact) mass is 523 g/mol. The van der Waals surface area contributed by atoms with Gasteiger partial charge in [-0.3, -0.25) is 9.59 Å². The summed E-state index contributed by atoms with van der Waals surface area (Å²) in [5.74, 6) is -2.29. The van der Waals surface area contributed by atoms with Crippen molar-refractivity contribution >= 4 is 38.3 Å². The lowest BCUT2D eigenvalue weighted by Gasteiger charge is -2.38. The fraction of sp³-hybridized carbons (Fsp3) is 0.370. The second kappa shape index (κ2) is 8.99. The second-order valence-electron chi connectivity index (χ2n) is 9.97. The third-order valence-corrected chi connectivity index (χ3v) is 8.48. The van der Waals surface area contributed by atoms with Crippen LogP contribution in [-0.2, 0) is 20.0 Å². The van der Waals surface area contributed by atoms with Gasteiger partial charge in [-0.05, 0) is 49.9 Å². The number of furan rings is 1. The van der Waals surface area contributed by atoms with Gasteiger partial charge in [0, 0.05) is 17.2 Å². The van der Waals surface area contributed by atoms with Crippen LogP contribution in [0.1, 0.15) is 61.1 Å². The van der Waals surface area contributed by atoms with Gasteiger partial charge in [-0.15, -0.1) is 0 Å². The van der Waals surface area contributed by atoms with Gasteiger partial charge < -0.3 is 15.1 Å². The first-order chi connectivity index (χ1) is 17.6. The highest BCUT2D eigenvalue weighted by Gasteiger charge is 2.52. The maximum absolute atomic E-state index is 16.3. The number of nitrogens with zero attached hydrogens (tertiary/aromatic N) is 1.